The van der Waals surface area contributed by atoms with Crippen molar-refractivity contribution < 1.29 is 0 Å². The van der Waals surface area contributed by atoms with Crippen LogP contribution < -0.4 is 22.3 Å². The van der Waals surface area contributed by atoms with Gasteiger partial charge in [-0.05, 0) is 48.4 Å². The molecule has 1 unspecified atom stereocenters. The highest BCUT2D eigenvalue weighted by atomic mass is 16.2. The van der Waals surface area contributed by atoms with E-state index in [1.807, 2.05) is 43.3 Å². The Balaban J connectivity index is 1.37. The molecule has 9 nitrogen and oxygen atoms in total. The Bertz CT molecular complexity index is 1380. The Kier molecular flexibility index (Phi) is 5.55. The number of nitrogens with one attached hydrogen (secondary N) is 3. The van der Waals surface area contributed by atoms with Crippen molar-refractivity contribution in [3.8, 4) is 11.4 Å². The van der Waals surface area contributed by atoms with Crippen molar-refractivity contribution >= 4 is 17.0 Å². The van der Waals surface area contributed by atoms with Crippen LogP contribution in [0.3, 0.4) is 0 Å². The van der Waals surface area contributed by atoms with E-state index in [4.69, 9.17) is 5.73 Å². The van der Waals surface area contributed by atoms with Gasteiger partial charge in [-0.1, -0.05) is 31.2 Å². The minimum Gasteiger partial charge on any atom is -0.366 e. The van der Waals surface area contributed by atoms with Crippen molar-refractivity contribution in [3.05, 3.63) is 74.6 Å². The number of H-pyrrole nitrogens is 2. The largest absolute Gasteiger partial charge is 0.366 e. The van der Waals surface area contributed by atoms with Crippen LogP contribution in [0, 0.1) is 5.92 Å². The highest BCUT2D eigenvalue weighted by Gasteiger charge is 2.33. The lowest BCUT2D eigenvalue weighted by Gasteiger charge is -2.15. The van der Waals surface area contributed by atoms with E-state index >= 15 is 0 Å². The summed E-state index contributed by atoms with van der Waals surface area (Å²) in [5.74, 6) is 1.62. The van der Waals surface area contributed by atoms with Gasteiger partial charge in [0.2, 0.25) is 0 Å². The number of hydrogen-bond acceptors (Lipinski definition) is 6. The first-order chi connectivity index (χ1) is 16.1. The van der Waals surface area contributed by atoms with Gasteiger partial charge < -0.3 is 16.0 Å². The van der Waals surface area contributed by atoms with Gasteiger partial charge in [-0.15, -0.1) is 0 Å². The highest BCUT2D eigenvalue weighted by Crippen LogP contribution is 2.40. The van der Waals surface area contributed by atoms with Gasteiger partial charge >= 0.3 is 5.69 Å². The van der Waals surface area contributed by atoms with Crippen molar-refractivity contribution in [1.29, 1.82) is 0 Å². The third kappa shape index (κ3) is 4.19. The SMILES string of the molecule is CCC(C1CC1)n1c(=O)[nH]c2nc(-c3ccc(NCc4ccc(CN)cc4)nc3)[nH]c2c1=O. The molecule has 1 atom stereocenters. The lowest BCUT2D eigenvalue weighted by atomic mass is 10.1. The van der Waals surface area contributed by atoms with E-state index in [2.05, 4.69) is 25.3 Å². The van der Waals surface area contributed by atoms with Gasteiger partial charge in [-0.3, -0.25) is 14.3 Å². The third-order valence-corrected chi connectivity index (χ3v) is 6.27. The molecule has 0 radical (unpaired) electrons. The van der Waals surface area contributed by atoms with E-state index in [-0.39, 0.29) is 17.2 Å². The zero-order valence-electron chi connectivity index (χ0n) is 18.5. The Morgan fingerprint density at radius 1 is 1.12 bits per heavy atom. The summed E-state index contributed by atoms with van der Waals surface area (Å²) in [6, 6.07) is 11.8. The van der Waals surface area contributed by atoms with Gasteiger partial charge in [0.25, 0.3) is 5.56 Å². The molecule has 170 valence electrons. The number of imidazole rings is 1. The molecule has 9 heteroatoms. The maximum atomic E-state index is 13.1. The summed E-state index contributed by atoms with van der Waals surface area (Å²) in [5, 5.41) is 3.29. The second-order valence-electron chi connectivity index (χ2n) is 8.53. The maximum absolute atomic E-state index is 13.1. The van der Waals surface area contributed by atoms with Crippen molar-refractivity contribution in [2.75, 3.05) is 5.32 Å². The van der Waals surface area contributed by atoms with Crippen LogP contribution in [0.5, 0.6) is 0 Å². The van der Waals surface area contributed by atoms with E-state index < -0.39 is 5.69 Å². The summed E-state index contributed by atoms with van der Waals surface area (Å²) in [6.45, 7) is 3.18. The lowest BCUT2D eigenvalue weighted by molar-refractivity contribution is 0.406. The number of fused-ring (bicyclic) bond motifs is 1. The van der Waals surface area contributed by atoms with Crippen molar-refractivity contribution in [1.82, 2.24) is 24.5 Å². The molecule has 0 amide bonds. The molecule has 4 aromatic rings. The van der Waals surface area contributed by atoms with Crippen LogP contribution in [0.2, 0.25) is 0 Å². The molecule has 1 saturated carbocycles. The molecule has 0 aliphatic heterocycles. The lowest BCUT2D eigenvalue weighted by Crippen LogP contribution is -2.38. The average molecular weight is 446 g/mol. The fourth-order valence-electron chi connectivity index (χ4n) is 4.26. The fourth-order valence-corrected chi connectivity index (χ4v) is 4.26. The van der Waals surface area contributed by atoms with E-state index in [1.165, 1.54) is 4.57 Å². The van der Waals surface area contributed by atoms with Gasteiger partial charge in [0, 0.05) is 30.9 Å². The minimum absolute atomic E-state index is 0.0732. The van der Waals surface area contributed by atoms with Crippen LogP contribution in [0.15, 0.2) is 52.2 Å². The van der Waals surface area contributed by atoms with E-state index in [1.54, 1.807) is 6.20 Å². The summed E-state index contributed by atoms with van der Waals surface area (Å²) in [7, 11) is 0. The topological polar surface area (TPSA) is 134 Å². The van der Waals surface area contributed by atoms with Gasteiger partial charge in [-0.2, -0.15) is 0 Å². The minimum atomic E-state index is -0.401. The van der Waals surface area contributed by atoms with E-state index in [0.29, 0.717) is 30.3 Å². The van der Waals surface area contributed by atoms with Gasteiger partial charge in [-0.25, -0.2) is 14.8 Å². The number of nitrogens with zero attached hydrogens (tertiary/aromatic N) is 3. The summed E-state index contributed by atoms with van der Waals surface area (Å²) in [5.41, 5.74) is 8.45. The molecule has 1 aliphatic carbocycles. The van der Waals surface area contributed by atoms with Gasteiger partial charge in [0.1, 0.15) is 17.2 Å². The Morgan fingerprint density at radius 3 is 2.52 bits per heavy atom. The smallest absolute Gasteiger partial charge is 0.330 e. The monoisotopic (exact) mass is 445 g/mol. The van der Waals surface area contributed by atoms with Crippen molar-refractivity contribution in [2.45, 2.75) is 45.3 Å². The predicted octanol–water partition coefficient (Wildman–Crippen LogP) is 2.91. The number of rotatable bonds is 8. The number of anilines is 1. The molecule has 0 bridgehead atoms. The van der Waals surface area contributed by atoms with Crippen LogP contribution in [-0.2, 0) is 13.1 Å². The van der Waals surface area contributed by atoms with Crippen LogP contribution >= 0.6 is 0 Å². The van der Waals surface area contributed by atoms with Crippen LogP contribution in [0.1, 0.15) is 43.4 Å². The molecular formula is C24H27N7O2. The van der Waals surface area contributed by atoms with E-state index in [0.717, 1.165) is 41.8 Å². The fraction of sp³-hybridized carbons (Fsp3) is 0.333. The Hall–Kier alpha value is -3.72. The Morgan fingerprint density at radius 2 is 1.88 bits per heavy atom. The second-order valence-corrected chi connectivity index (χ2v) is 8.53. The number of benzene rings is 1. The molecule has 3 heterocycles. The third-order valence-electron chi connectivity index (χ3n) is 6.27. The van der Waals surface area contributed by atoms with Crippen LogP contribution in [0.4, 0.5) is 5.82 Å². The summed E-state index contributed by atoms with van der Waals surface area (Å²) in [4.78, 5) is 40.5. The molecule has 1 aliphatic rings. The quantitative estimate of drug-likeness (QED) is 0.329. The molecule has 33 heavy (non-hydrogen) atoms. The Labute approximate surface area is 190 Å². The number of aromatic amines is 2. The van der Waals surface area contributed by atoms with Crippen LogP contribution in [0.25, 0.3) is 22.6 Å². The number of hydrogen-bond donors (Lipinski definition) is 4. The van der Waals surface area contributed by atoms with Crippen LogP contribution in [-0.4, -0.2) is 24.5 Å². The number of pyridine rings is 1. The second kappa shape index (κ2) is 8.67. The summed E-state index contributed by atoms with van der Waals surface area (Å²) in [6.07, 6.45) is 4.55. The van der Waals surface area contributed by atoms with Crippen molar-refractivity contribution in [3.63, 3.8) is 0 Å². The molecule has 0 spiro atoms. The number of aromatic nitrogens is 5. The summed E-state index contributed by atoms with van der Waals surface area (Å²) < 4.78 is 1.35. The van der Waals surface area contributed by atoms with Crippen molar-refractivity contribution in [2.24, 2.45) is 11.7 Å². The highest BCUT2D eigenvalue weighted by molar-refractivity contribution is 5.74. The molecular weight excluding hydrogens is 418 g/mol. The predicted molar refractivity (Wildman–Crippen MR) is 128 cm³/mol. The van der Waals surface area contributed by atoms with Gasteiger partial charge in [0.05, 0.1) is 0 Å². The number of nitrogens with two attached hydrogens (primary N) is 1. The zero-order chi connectivity index (χ0) is 22.9. The molecule has 1 aromatic carbocycles. The van der Waals surface area contributed by atoms with E-state index in [9.17, 15) is 9.59 Å². The summed E-state index contributed by atoms with van der Waals surface area (Å²) >= 11 is 0. The van der Waals surface area contributed by atoms with Gasteiger partial charge in [0.15, 0.2) is 5.65 Å². The standard InChI is InChI=1S/C24H27N7O2/c1-2-18(16-7-8-16)31-23(32)20-22(30-24(31)33)29-21(28-20)17-9-10-19(27-13-17)26-12-15-5-3-14(11-25)4-6-15/h3-6,9-10,13,16,18H,2,7-8,11-12,25H2,1H3,(H,26,27)(H,28,29)(H,30,33). The first-order valence-electron chi connectivity index (χ1n) is 11.3. The first kappa shape index (κ1) is 21.1. The zero-order valence-corrected chi connectivity index (χ0v) is 18.5. The maximum Gasteiger partial charge on any atom is 0.330 e. The molecule has 3 aromatic heterocycles. The molecule has 0 saturated heterocycles. The molecule has 1 fully saturated rings. The normalized spacial score (nSPS) is 14.5. The first-order valence-corrected chi connectivity index (χ1v) is 11.3. The average Bonchev–Trinajstić information content (AvgIpc) is 3.59. The molecule has 5 N–H and O–H groups in total. The molecule has 5 rings (SSSR count).